The Hall–Kier alpha value is -3.37. The molecule has 1 saturated heterocycles. The van der Waals surface area contributed by atoms with Gasteiger partial charge in [-0.15, -0.1) is 0 Å². The molecule has 0 aliphatic carbocycles. The predicted octanol–water partition coefficient (Wildman–Crippen LogP) is 3.23. The normalized spacial score (nSPS) is 17.0. The van der Waals surface area contributed by atoms with Crippen molar-refractivity contribution in [1.29, 1.82) is 5.41 Å². The summed E-state index contributed by atoms with van der Waals surface area (Å²) in [6.45, 7) is 12.4. The van der Waals surface area contributed by atoms with Gasteiger partial charge < -0.3 is 19.5 Å². The van der Waals surface area contributed by atoms with Crippen molar-refractivity contribution in [3.63, 3.8) is 0 Å². The van der Waals surface area contributed by atoms with Gasteiger partial charge in [-0.3, -0.25) is 9.89 Å². The largest absolute Gasteiger partial charge is 0.491 e. The van der Waals surface area contributed by atoms with Crippen molar-refractivity contribution in [3.05, 3.63) is 35.8 Å². The Labute approximate surface area is 211 Å². The number of fused-ring (bicyclic) bond motifs is 3. The summed E-state index contributed by atoms with van der Waals surface area (Å²) in [5.74, 6) is 2.94. The minimum atomic E-state index is -0.199. The quantitative estimate of drug-likeness (QED) is 0.486. The maximum absolute atomic E-state index is 7.97. The van der Waals surface area contributed by atoms with Gasteiger partial charge in [-0.1, -0.05) is 6.07 Å². The molecule has 3 aromatic rings. The number of aryl methyl sites for hydroxylation is 1. The molecule has 0 amide bonds. The second kappa shape index (κ2) is 10.7. The van der Waals surface area contributed by atoms with Crippen molar-refractivity contribution in [2.45, 2.75) is 39.3 Å². The second-order valence-corrected chi connectivity index (χ2v) is 9.47. The monoisotopic (exact) mass is 490 g/mol. The second-order valence-electron chi connectivity index (χ2n) is 9.47. The first-order valence-electron chi connectivity index (χ1n) is 12.6. The molecule has 1 fully saturated rings. The van der Waals surface area contributed by atoms with Crippen LogP contribution in [0.4, 0.5) is 0 Å². The fraction of sp³-hybridized carbons (Fsp3) is 0.500. The number of hydrogen-bond acceptors (Lipinski definition) is 8. The van der Waals surface area contributed by atoms with Crippen LogP contribution in [0.3, 0.4) is 0 Å². The molecule has 0 radical (unpaired) electrons. The van der Waals surface area contributed by atoms with Crippen molar-refractivity contribution in [2.24, 2.45) is 4.99 Å². The van der Waals surface area contributed by atoms with Crippen LogP contribution in [-0.4, -0.2) is 87.6 Å². The standard InChI is InChI=1S/C26H34N8O2/c1-18(2)34-26(29-19(3)31-34)23-17-33-10-13-36-24-14-20(4-5-22(24)25(33)30-23)21(15-27)16-28-6-7-32-8-11-35-12-9-32/h4-5,14-18,21,27H,6-13H2,1-3H3. The van der Waals surface area contributed by atoms with E-state index in [0.29, 0.717) is 19.7 Å². The fourth-order valence-corrected chi connectivity index (χ4v) is 4.62. The van der Waals surface area contributed by atoms with Crippen LogP contribution < -0.4 is 4.74 Å². The summed E-state index contributed by atoms with van der Waals surface area (Å²) < 4.78 is 15.6. The third-order valence-electron chi connectivity index (χ3n) is 6.55. The number of nitrogens with zero attached hydrogens (tertiary/aromatic N) is 7. The number of imidazole rings is 1. The third-order valence-corrected chi connectivity index (χ3v) is 6.55. The molecule has 190 valence electrons. The number of rotatable bonds is 8. The topological polar surface area (TPSA) is 106 Å². The zero-order chi connectivity index (χ0) is 25.1. The first-order chi connectivity index (χ1) is 17.5. The SMILES string of the molecule is Cc1nc(-c2cn3c(n2)-c2ccc(C(C=N)C=NCCN4CCOCC4)cc2OCC3)n(C(C)C)n1. The number of aromatic nitrogens is 5. The van der Waals surface area contributed by atoms with Crippen molar-refractivity contribution in [2.75, 3.05) is 46.0 Å². The molecule has 0 bridgehead atoms. The van der Waals surface area contributed by atoms with E-state index in [0.717, 1.165) is 72.9 Å². The Kier molecular flexibility index (Phi) is 7.24. The molecule has 10 nitrogen and oxygen atoms in total. The van der Waals surface area contributed by atoms with Crippen molar-refractivity contribution in [1.82, 2.24) is 29.2 Å². The smallest absolute Gasteiger partial charge is 0.178 e. The third kappa shape index (κ3) is 5.10. The predicted molar refractivity (Wildman–Crippen MR) is 139 cm³/mol. The zero-order valence-electron chi connectivity index (χ0n) is 21.2. The van der Waals surface area contributed by atoms with Gasteiger partial charge in [0.05, 0.1) is 37.8 Å². The summed E-state index contributed by atoms with van der Waals surface area (Å²) in [5, 5.41) is 12.5. The molecular formula is C26H34N8O2. The van der Waals surface area contributed by atoms with E-state index < -0.39 is 0 Å². The molecule has 1 N–H and O–H groups in total. The van der Waals surface area contributed by atoms with Gasteiger partial charge in [0, 0.05) is 44.3 Å². The highest BCUT2D eigenvalue weighted by molar-refractivity contribution is 5.89. The van der Waals surface area contributed by atoms with Crippen LogP contribution in [0.15, 0.2) is 29.4 Å². The Bertz CT molecular complexity index is 1240. The van der Waals surface area contributed by atoms with Crippen LogP contribution in [0.5, 0.6) is 5.75 Å². The summed E-state index contributed by atoms with van der Waals surface area (Å²) in [6.07, 6.45) is 5.33. The van der Waals surface area contributed by atoms with E-state index in [9.17, 15) is 0 Å². The first kappa shape index (κ1) is 24.3. The van der Waals surface area contributed by atoms with Crippen LogP contribution in [-0.2, 0) is 11.3 Å². The molecule has 1 atom stereocenters. The number of aliphatic imine (C=N–C) groups is 1. The van der Waals surface area contributed by atoms with Gasteiger partial charge in [-0.2, -0.15) is 5.10 Å². The molecule has 2 aliphatic rings. The maximum Gasteiger partial charge on any atom is 0.178 e. The van der Waals surface area contributed by atoms with Crippen LogP contribution >= 0.6 is 0 Å². The van der Waals surface area contributed by atoms with Crippen LogP contribution in [0.25, 0.3) is 22.9 Å². The summed E-state index contributed by atoms with van der Waals surface area (Å²) in [4.78, 5) is 16.6. The van der Waals surface area contributed by atoms with Crippen LogP contribution in [0, 0.1) is 12.3 Å². The molecule has 0 spiro atoms. The molecule has 4 heterocycles. The van der Waals surface area contributed by atoms with Gasteiger partial charge in [0.2, 0.25) is 0 Å². The minimum absolute atomic E-state index is 0.189. The van der Waals surface area contributed by atoms with Crippen molar-refractivity contribution >= 4 is 12.4 Å². The zero-order valence-corrected chi connectivity index (χ0v) is 21.2. The van der Waals surface area contributed by atoms with E-state index in [1.165, 1.54) is 6.21 Å². The van der Waals surface area contributed by atoms with Gasteiger partial charge in [0.25, 0.3) is 0 Å². The minimum Gasteiger partial charge on any atom is -0.491 e. The summed E-state index contributed by atoms with van der Waals surface area (Å²) in [5.41, 5.74) is 2.72. The van der Waals surface area contributed by atoms with E-state index in [1.54, 1.807) is 0 Å². The highest BCUT2D eigenvalue weighted by Gasteiger charge is 2.23. The molecule has 1 aromatic carbocycles. The van der Waals surface area contributed by atoms with E-state index in [-0.39, 0.29) is 12.0 Å². The summed E-state index contributed by atoms with van der Waals surface area (Å²) in [7, 11) is 0. The van der Waals surface area contributed by atoms with Crippen molar-refractivity contribution in [3.8, 4) is 28.7 Å². The first-order valence-corrected chi connectivity index (χ1v) is 12.6. The highest BCUT2D eigenvalue weighted by Crippen LogP contribution is 2.35. The van der Waals surface area contributed by atoms with Gasteiger partial charge in [0.1, 0.15) is 29.7 Å². The van der Waals surface area contributed by atoms with Gasteiger partial charge >= 0.3 is 0 Å². The van der Waals surface area contributed by atoms with Crippen LogP contribution in [0.1, 0.15) is 37.2 Å². The number of benzene rings is 1. The Morgan fingerprint density at radius 2 is 1.94 bits per heavy atom. The summed E-state index contributed by atoms with van der Waals surface area (Å²) in [6, 6.07) is 6.28. The molecule has 5 rings (SSSR count). The number of ether oxygens (including phenoxy) is 2. The van der Waals surface area contributed by atoms with Crippen molar-refractivity contribution < 1.29 is 9.47 Å². The summed E-state index contributed by atoms with van der Waals surface area (Å²) >= 11 is 0. The number of hydrogen-bond donors (Lipinski definition) is 1. The van der Waals surface area contributed by atoms with E-state index in [4.69, 9.17) is 19.9 Å². The maximum atomic E-state index is 7.97. The van der Waals surface area contributed by atoms with E-state index >= 15 is 0 Å². The van der Waals surface area contributed by atoms with Gasteiger partial charge in [-0.05, 0) is 38.5 Å². The fourth-order valence-electron chi connectivity index (χ4n) is 4.62. The molecule has 2 aliphatic heterocycles. The lowest BCUT2D eigenvalue weighted by molar-refractivity contribution is 0.0394. The molecule has 1 unspecified atom stereocenters. The lowest BCUT2D eigenvalue weighted by Crippen LogP contribution is -2.37. The molecule has 36 heavy (non-hydrogen) atoms. The van der Waals surface area contributed by atoms with Crippen LogP contribution in [0.2, 0.25) is 0 Å². The lowest BCUT2D eigenvalue weighted by atomic mass is 9.99. The Morgan fingerprint density at radius 1 is 1.11 bits per heavy atom. The number of morpholine rings is 1. The van der Waals surface area contributed by atoms with E-state index in [1.807, 2.05) is 42.2 Å². The number of nitrogens with one attached hydrogen (secondary N) is 1. The van der Waals surface area contributed by atoms with Gasteiger partial charge in [-0.25, -0.2) is 14.6 Å². The Morgan fingerprint density at radius 3 is 2.72 bits per heavy atom. The Balaban J connectivity index is 1.36. The average molecular weight is 491 g/mol. The van der Waals surface area contributed by atoms with E-state index in [2.05, 4.69) is 38.4 Å². The van der Waals surface area contributed by atoms with Gasteiger partial charge in [0.15, 0.2) is 5.82 Å². The molecule has 2 aromatic heterocycles. The highest BCUT2D eigenvalue weighted by atomic mass is 16.5. The lowest BCUT2D eigenvalue weighted by Gasteiger charge is -2.25. The molecular weight excluding hydrogens is 456 g/mol. The molecule has 0 saturated carbocycles. The average Bonchev–Trinajstić information content (AvgIpc) is 3.44. The molecule has 10 heteroatoms.